The molecule has 0 saturated heterocycles. The average Bonchev–Trinajstić information content (AvgIpc) is 3.17. The van der Waals surface area contributed by atoms with Crippen molar-refractivity contribution in [2.45, 2.75) is 20.3 Å². The zero-order valence-electron chi connectivity index (χ0n) is 16.7. The molecule has 1 aromatic heterocycles. The number of rotatable bonds is 8. The number of carbonyl (C=O) groups is 2. The molecular formula is C22H22ClN3O4. The number of benzene rings is 2. The first-order chi connectivity index (χ1) is 14.5. The van der Waals surface area contributed by atoms with E-state index in [1.54, 1.807) is 48.0 Å². The molecule has 7 nitrogen and oxygen atoms in total. The molecule has 0 aliphatic rings. The minimum atomic E-state index is -0.451. The smallest absolute Gasteiger partial charge is 0.344 e. The van der Waals surface area contributed by atoms with E-state index in [0.29, 0.717) is 35.1 Å². The number of hydrogen-bond donors (Lipinski definition) is 1. The Balaban J connectivity index is 1.75. The highest BCUT2D eigenvalue weighted by Crippen LogP contribution is 2.22. The van der Waals surface area contributed by atoms with E-state index < -0.39 is 5.97 Å². The Morgan fingerprint density at radius 1 is 1.13 bits per heavy atom. The topological polar surface area (TPSA) is 82.4 Å². The molecule has 0 spiro atoms. The van der Waals surface area contributed by atoms with Gasteiger partial charge in [0, 0.05) is 16.8 Å². The number of aromatic nitrogens is 2. The third-order valence-electron chi connectivity index (χ3n) is 4.26. The quantitative estimate of drug-likeness (QED) is 0.542. The first kappa shape index (κ1) is 21.4. The molecule has 8 heteroatoms. The number of carbonyl (C=O) groups excluding carboxylic acids is 2. The van der Waals surface area contributed by atoms with Crippen LogP contribution in [-0.4, -0.2) is 34.9 Å². The number of nitrogens with zero attached hydrogens (tertiary/aromatic N) is 2. The van der Waals surface area contributed by atoms with Crippen molar-refractivity contribution in [1.82, 2.24) is 9.78 Å². The fraction of sp³-hybridized carbons (Fsp3) is 0.227. The van der Waals surface area contributed by atoms with Gasteiger partial charge in [0.2, 0.25) is 0 Å². The average molecular weight is 428 g/mol. The molecule has 0 aliphatic heterocycles. The maximum atomic E-state index is 12.9. The van der Waals surface area contributed by atoms with E-state index in [-0.39, 0.29) is 12.5 Å². The number of hydrogen-bond acceptors (Lipinski definition) is 5. The largest absolute Gasteiger partial charge is 0.482 e. The van der Waals surface area contributed by atoms with E-state index in [1.165, 1.54) is 6.20 Å². The van der Waals surface area contributed by atoms with Gasteiger partial charge in [-0.05, 0) is 43.7 Å². The Morgan fingerprint density at radius 2 is 1.93 bits per heavy atom. The summed E-state index contributed by atoms with van der Waals surface area (Å²) in [4.78, 5) is 24.3. The normalized spacial score (nSPS) is 10.5. The molecule has 0 bridgehead atoms. The van der Waals surface area contributed by atoms with Crippen LogP contribution < -0.4 is 10.1 Å². The van der Waals surface area contributed by atoms with Crippen LogP contribution in [0.2, 0.25) is 5.02 Å². The molecule has 1 N–H and O–H groups in total. The van der Waals surface area contributed by atoms with Crippen LogP contribution in [0.25, 0.3) is 5.69 Å². The van der Waals surface area contributed by atoms with Crippen molar-refractivity contribution in [2.24, 2.45) is 0 Å². The van der Waals surface area contributed by atoms with Gasteiger partial charge in [0.15, 0.2) is 6.61 Å². The fourth-order valence-electron chi connectivity index (χ4n) is 2.94. The second-order valence-electron chi connectivity index (χ2n) is 6.33. The molecule has 156 valence electrons. The summed E-state index contributed by atoms with van der Waals surface area (Å²) in [7, 11) is 0. The van der Waals surface area contributed by atoms with Gasteiger partial charge in [-0.3, -0.25) is 4.79 Å². The summed E-state index contributed by atoms with van der Waals surface area (Å²) in [6.45, 7) is 3.78. The van der Waals surface area contributed by atoms with Crippen molar-refractivity contribution in [3.63, 3.8) is 0 Å². The van der Waals surface area contributed by atoms with Crippen molar-refractivity contribution in [2.75, 3.05) is 18.5 Å². The minimum Gasteiger partial charge on any atom is -0.482 e. The lowest BCUT2D eigenvalue weighted by atomic mass is 10.1. The van der Waals surface area contributed by atoms with E-state index in [9.17, 15) is 9.59 Å². The lowest BCUT2D eigenvalue weighted by molar-refractivity contribution is -0.145. The van der Waals surface area contributed by atoms with Crippen LogP contribution in [-0.2, 0) is 16.0 Å². The van der Waals surface area contributed by atoms with Gasteiger partial charge in [0.05, 0.1) is 29.7 Å². The Kier molecular flexibility index (Phi) is 7.08. The van der Waals surface area contributed by atoms with Crippen LogP contribution in [0, 0.1) is 0 Å². The Morgan fingerprint density at radius 3 is 2.67 bits per heavy atom. The first-order valence-corrected chi connectivity index (χ1v) is 9.92. The third kappa shape index (κ3) is 5.18. The lowest BCUT2D eigenvalue weighted by Gasteiger charge is -2.10. The van der Waals surface area contributed by atoms with Crippen molar-refractivity contribution in [1.29, 1.82) is 0 Å². The molecule has 0 atom stereocenters. The zero-order valence-corrected chi connectivity index (χ0v) is 17.5. The summed E-state index contributed by atoms with van der Waals surface area (Å²) in [6, 6.07) is 14.1. The van der Waals surface area contributed by atoms with E-state index >= 15 is 0 Å². The summed E-state index contributed by atoms with van der Waals surface area (Å²) in [6.07, 6.45) is 2.15. The second kappa shape index (κ2) is 9.93. The van der Waals surface area contributed by atoms with Crippen molar-refractivity contribution in [3.8, 4) is 11.4 Å². The van der Waals surface area contributed by atoms with Crippen LogP contribution in [0.1, 0.15) is 29.9 Å². The van der Waals surface area contributed by atoms with Crippen LogP contribution in [0.5, 0.6) is 5.75 Å². The minimum absolute atomic E-state index is 0.197. The SMILES string of the molecule is CCOC(=O)COc1cccc(NC(=O)c2cnn(-c3cccc(Cl)c3)c2CC)c1. The van der Waals surface area contributed by atoms with Crippen molar-refractivity contribution < 1.29 is 19.1 Å². The summed E-state index contributed by atoms with van der Waals surface area (Å²) in [5, 5.41) is 7.81. The highest BCUT2D eigenvalue weighted by molar-refractivity contribution is 6.30. The molecule has 0 aliphatic carbocycles. The monoisotopic (exact) mass is 427 g/mol. The van der Waals surface area contributed by atoms with Gasteiger partial charge in [0.1, 0.15) is 5.75 Å². The highest BCUT2D eigenvalue weighted by Gasteiger charge is 2.18. The first-order valence-electron chi connectivity index (χ1n) is 9.54. The molecule has 0 radical (unpaired) electrons. The number of ether oxygens (including phenoxy) is 2. The molecule has 30 heavy (non-hydrogen) atoms. The third-order valence-corrected chi connectivity index (χ3v) is 4.49. The molecule has 2 aromatic carbocycles. The number of anilines is 1. The number of amides is 1. The van der Waals surface area contributed by atoms with Crippen LogP contribution >= 0.6 is 11.6 Å². The molecule has 1 heterocycles. The summed E-state index contributed by atoms with van der Waals surface area (Å²) in [5.74, 6) is -0.290. The number of esters is 1. The maximum absolute atomic E-state index is 12.9. The lowest BCUT2D eigenvalue weighted by Crippen LogP contribution is -2.15. The number of nitrogens with one attached hydrogen (secondary N) is 1. The summed E-state index contributed by atoms with van der Waals surface area (Å²) >= 11 is 6.08. The molecule has 0 saturated carbocycles. The Bertz CT molecular complexity index is 1050. The highest BCUT2D eigenvalue weighted by atomic mass is 35.5. The van der Waals surface area contributed by atoms with Crippen LogP contribution in [0.15, 0.2) is 54.7 Å². The molecule has 1 amide bonds. The van der Waals surface area contributed by atoms with Gasteiger partial charge in [0.25, 0.3) is 5.91 Å². The van der Waals surface area contributed by atoms with Gasteiger partial charge in [-0.1, -0.05) is 30.7 Å². The predicted octanol–water partition coefficient (Wildman–Crippen LogP) is 4.28. The summed E-state index contributed by atoms with van der Waals surface area (Å²) in [5.41, 5.74) is 2.56. The maximum Gasteiger partial charge on any atom is 0.344 e. The zero-order chi connectivity index (χ0) is 21.5. The molecule has 0 unspecified atom stereocenters. The van der Waals surface area contributed by atoms with Crippen LogP contribution in [0.4, 0.5) is 5.69 Å². The standard InChI is InChI=1S/C22H22ClN3O4/c1-3-20-19(13-24-26(20)17-9-5-7-15(23)11-17)22(28)25-16-8-6-10-18(12-16)30-14-21(27)29-4-2/h5-13H,3-4,14H2,1-2H3,(H,25,28). The molecular weight excluding hydrogens is 406 g/mol. The summed E-state index contributed by atoms with van der Waals surface area (Å²) < 4.78 is 12.0. The number of halogens is 1. The van der Waals surface area contributed by atoms with E-state index in [1.807, 2.05) is 19.1 Å². The van der Waals surface area contributed by atoms with Gasteiger partial charge in [-0.2, -0.15) is 5.10 Å². The van der Waals surface area contributed by atoms with Gasteiger partial charge < -0.3 is 14.8 Å². The molecule has 0 fully saturated rings. The Hall–Kier alpha value is -3.32. The van der Waals surface area contributed by atoms with Gasteiger partial charge in [-0.15, -0.1) is 0 Å². The fourth-order valence-corrected chi connectivity index (χ4v) is 3.13. The van der Waals surface area contributed by atoms with Crippen molar-refractivity contribution >= 4 is 29.2 Å². The van der Waals surface area contributed by atoms with Gasteiger partial charge >= 0.3 is 5.97 Å². The van der Waals surface area contributed by atoms with E-state index in [2.05, 4.69) is 10.4 Å². The second-order valence-corrected chi connectivity index (χ2v) is 6.76. The van der Waals surface area contributed by atoms with Gasteiger partial charge in [-0.25, -0.2) is 9.48 Å². The van der Waals surface area contributed by atoms with Crippen LogP contribution in [0.3, 0.4) is 0 Å². The van der Waals surface area contributed by atoms with Crippen molar-refractivity contribution in [3.05, 3.63) is 71.0 Å². The predicted molar refractivity (Wildman–Crippen MR) is 114 cm³/mol. The van der Waals surface area contributed by atoms with E-state index in [4.69, 9.17) is 21.1 Å². The molecule has 3 aromatic rings. The van der Waals surface area contributed by atoms with E-state index in [0.717, 1.165) is 11.4 Å². The Labute approximate surface area is 179 Å². The molecule has 3 rings (SSSR count).